The predicted molar refractivity (Wildman–Crippen MR) is 360 cm³/mol. The molecule has 0 saturated carbocycles. The summed E-state index contributed by atoms with van der Waals surface area (Å²) in [6, 6.07) is 80.3. The standard InChI is InChI=1S/C44H42NO4P.C28H34NO2P.C2H6.CH2O2/c46-43(45-42(44(47)49-31-35-14-6-2-7-15-35)30-36-22-25-38-18-10-11-19-40(38)29-36)41(32-50(48)27-26-33-12-4-1-5-13-33)28-34-20-23-39(24-21-34)37-16-8-3-9-17-37;1-2-3-19-29-28(30)27(22-32(31)20-18-23-10-6-4-7-11-23)21-24-14-16-26(17-15-24)25-12-8-5-9-13-25;1-2;2-1-3/h1-25,29,41-42,48H,26-28,30-32H2,(H,45,46);4-17,27,31H,2-3,18-22H2,1H3,(H,29,30);1-2H3;1H,(H,2,3). The Morgan fingerprint density at radius 1 is 0.471 bits per heavy atom. The van der Waals surface area contributed by atoms with Crippen molar-refractivity contribution in [1.29, 1.82) is 0 Å². The molecule has 0 aromatic heterocycles. The summed E-state index contributed by atoms with van der Waals surface area (Å²) in [5.74, 6) is -1.43. The van der Waals surface area contributed by atoms with Crippen molar-refractivity contribution in [2.75, 3.05) is 31.2 Å². The molecule has 0 heterocycles. The molecule has 452 valence electrons. The van der Waals surface area contributed by atoms with Gasteiger partial charge < -0.3 is 30.3 Å². The molecule has 0 aliphatic heterocycles. The van der Waals surface area contributed by atoms with E-state index in [1.807, 2.05) is 166 Å². The maximum absolute atomic E-state index is 14.2. The molecule has 2 amide bonds. The molecule has 5 N–H and O–H groups in total. The highest BCUT2D eigenvalue weighted by atomic mass is 31.1. The highest BCUT2D eigenvalue weighted by molar-refractivity contribution is 7.51. The molecule has 12 heteroatoms. The van der Waals surface area contributed by atoms with Gasteiger partial charge >= 0.3 is 5.97 Å². The number of unbranched alkanes of at least 4 members (excludes halogenated alkanes) is 1. The van der Waals surface area contributed by atoms with Gasteiger partial charge in [0.1, 0.15) is 12.6 Å². The first-order chi connectivity index (χ1) is 42.6. The van der Waals surface area contributed by atoms with Crippen LogP contribution in [0.3, 0.4) is 0 Å². The second-order valence-corrected chi connectivity index (χ2v) is 24.7. The van der Waals surface area contributed by atoms with Crippen LogP contribution in [0.5, 0.6) is 0 Å². The van der Waals surface area contributed by atoms with Crippen molar-refractivity contribution in [1.82, 2.24) is 10.6 Å². The molecule has 9 rings (SSSR count). The Labute approximate surface area is 517 Å². The maximum Gasteiger partial charge on any atom is 0.329 e. The van der Waals surface area contributed by atoms with Crippen LogP contribution in [0.2, 0.25) is 0 Å². The zero-order valence-electron chi connectivity index (χ0n) is 50.4. The van der Waals surface area contributed by atoms with Crippen molar-refractivity contribution in [3.63, 3.8) is 0 Å². The summed E-state index contributed by atoms with van der Waals surface area (Å²) in [4.78, 5) is 71.2. The lowest BCUT2D eigenvalue weighted by Crippen LogP contribution is -2.46. The third-order valence-electron chi connectivity index (χ3n) is 14.6. The van der Waals surface area contributed by atoms with Crippen LogP contribution in [-0.4, -0.2) is 76.4 Å². The van der Waals surface area contributed by atoms with Crippen molar-refractivity contribution in [3.8, 4) is 22.3 Å². The fourth-order valence-corrected chi connectivity index (χ4v) is 12.9. The molecule has 9 aromatic rings. The minimum Gasteiger partial charge on any atom is -0.483 e. The van der Waals surface area contributed by atoms with Gasteiger partial charge in [-0.05, 0) is 111 Å². The number of ether oxygens (including phenoxy) is 1. The first-order valence-electron chi connectivity index (χ1n) is 30.2. The minimum absolute atomic E-state index is 0.0619. The van der Waals surface area contributed by atoms with E-state index in [1.165, 1.54) is 16.7 Å². The van der Waals surface area contributed by atoms with Crippen LogP contribution in [0.15, 0.2) is 243 Å². The zero-order chi connectivity index (χ0) is 61.9. The molecule has 0 aliphatic carbocycles. The summed E-state index contributed by atoms with van der Waals surface area (Å²) in [5.41, 5.74) is 10.9. The van der Waals surface area contributed by atoms with Crippen LogP contribution < -0.4 is 10.6 Å². The van der Waals surface area contributed by atoms with E-state index in [1.54, 1.807) is 0 Å². The molecule has 9 aromatic carbocycles. The first-order valence-corrected chi connectivity index (χ1v) is 33.5. The van der Waals surface area contributed by atoms with Gasteiger partial charge in [0, 0.05) is 53.4 Å². The zero-order valence-corrected chi connectivity index (χ0v) is 52.2. The lowest BCUT2D eigenvalue weighted by Gasteiger charge is -2.24. The Kier molecular flexibility index (Phi) is 30.4. The van der Waals surface area contributed by atoms with Crippen molar-refractivity contribution in [2.24, 2.45) is 11.8 Å². The molecule has 0 aliphatic rings. The number of carboxylic acid groups (broad SMARTS) is 1. The van der Waals surface area contributed by atoms with E-state index in [0.717, 1.165) is 81.6 Å². The summed E-state index contributed by atoms with van der Waals surface area (Å²) in [6.45, 7) is 6.68. The average molecular weight is 1200 g/mol. The molecule has 0 fully saturated rings. The SMILES string of the molecule is CC.CCCCNC(=O)C(Cc1ccc(-c2ccccc2)cc1)CP(O)CCc1ccccc1.O=C(NC(Cc1ccc2ccccc2c1)C(=O)OCc1ccccc1)C(Cc1ccc(-c2ccccc2)cc1)CP(O)CCc1ccccc1.O=CO. The molecule has 0 spiro atoms. The summed E-state index contributed by atoms with van der Waals surface area (Å²) < 4.78 is 5.77. The van der Waals surface area contributed by atoms with E-state index in [0.29, 0.717) is 37.9 Å². The lowest BCUT2D eigenvalue weighted by molar-refractivity contribution is -0.149. The van der Waals surface area contributed by atoms with Gasteiger partial charge in [-0.25, -0.2) is 4.79 Å². The monoisotopic (exact) mass is 1200 g/mol. The van der Waals surface area contributed by atoms with Crippen LogP contribution in [0.1, 0.15) is 67.0 Å². The van der Waals surface area contributed by atoms with Gasteiger partial charge in [0.15, 0.2) is 0 Å². The first kappa shape index (κ1) is 68.0. The minimum atomic E-state index is -1.44. The molecule has 0 saturated heterocycles. The number of esters is 1. The molecule has 0 radical (unpaired) electrons. The molecular formula is C75H84N2O8P2. The number of carbonyl (C=O) groups is 4. The quantitative estimate of drug-likeness (QED) is 0.0147. The van der Waals surface area contributed by atoms with Crippen LogP contribution in [0, 0.1) is 11.8 Å². The van der Waals surface area contributed by atoms with Gasteiger partial charge in [-0.1, -0.05) is 270 Å². The number of nitrogens with one attached hydrogen (secondary N) is 2. The molecule has 10 nitrogen and oxygen atoms in total. The number of carbonyl (C=O) groups excluding carboxylic acids is 3. The van der Waals surface area contributed by atoms with Crippen molar-refractivity contribution >= 4 is 51.3 Å². The van der Waals surface area contributed by atoms with E-state index in [4.69, 9.17) is 14.6 Å². The number of hydrogen-bond acceptors (Lipinski definition) is 7. The Bertz CT molecular complexity index is 3380. The second kappa shape index (κ2) is 38.8. The number of hydrogen-bond donors (Lipinski definition) is 5. The molecular weight excluding hydrogens is 1120 g/mol. The van der Waals surface area contributed by atoms with E-state index >= 15 is 0 Å². The van der Waals surface area contributed by atoms with Crippen LogP contribution in [-0.2, 0) is 62.6 Å². The molecule has 87 heavy (non-hydrogen) atoms. The Hall–Kier alpha value is -8.10. The summed E-state index contributed by atoms with van der Waals surface area (Å²) in [6.07, 6.45) is 7.17. The summed E-state index contributed by atoms with van der Waals surface area (Å²) in [7, 11) is -2.63. The number of fused-ring (bicyclic) bond motifs is 1. The maximum atomic E-state index is 14.2. The molecule has 5 atom stereocenters. The largest absolute Gasteiger partial charge is 0.483 e. The highest BCUT2D eigenvalue weighted by Gasteiger charge is 2.30. The van der Waals surface area contributed by atoms with Gasteiger partial charge in [0.25, 0.3) is 6.47 Å². The molecule has 5 unspecified atom stereocenters. The number of rotatable bonds is 27. The number of amides is 2. The van der Waals surface area contributed by atoms with E-state index < -0.39 is 34.2 Å². The number of aryl methyl sites for hydroxylation is 2. The van der Waals surface area contributed by atoms with Gasteiger partial charge in [-0.15, -0.1) is 0 Å². The smallest absolute Gasteiger partial charge is 0.329 e. The van der Waals surface area contributed by atoms with Gasteiger partial charge in [0.2, 0.25) is 11.8 Å². The highest BCUT2D eigenvalue weighted by Crippen LogP contribution is 2.36. The predicted octanol–water partition coefficient (Wildman–Crippen LogP) is 15.6. The number of benzene rings is 9. The fraction of sp³-hybridized carbons (Fsp3) is 0.253. The van der Waals surface area contributed by atoms with Gasteiger partial charge in [0.05, 0.1) is 0 Å². The lowest BCUT2D eigenvalue weighted by atomic mass is 9.96. The average Bonchev–Trinajstić information content (AvgIpc) is 3.76. The Morgan fingerprint density at radius 2 is 0.862 bits per heavy atom. The second-order valence-electron chi connectivity index (χ2n) is 21.0. The third-order valence-corrected chi connectivity index (χ3v) is 17.8. The van der Waals surface area contributed by atoms with Gasteiger partial charge in [-0.3, -0.25) is 14.4 Å². The van der Waals surface area contributed by atoms with Crippen LogP contribution >= 0.6 is 16.3 Å². The van der Waals surface area contributed by atoms with Crippen LogP contribution in [0.25, 0.3) is 33.0 Å². The Balaban J connectivity index is 0.000000281. The van der Waals surface area contributed by atoms with Crippen LogP contribution in [0.4, 0.5) is 0 Å². The van der Waals surface area contributed by atoms with Crippen molar-refractivity contribution < 1.29 is 38.8 Å². The van der Waals surface area contributed by atoms with E-state index in [-0.39, 0.29) is 37.2 Å². The Morgan fingerprint density at radius 3 is 1.32 bits per heavy atom. The van der Waals surface area contributed by atoms with Gasteiger partial charge in [-0.2, -0.15) is 0 Å². The van der Waals surface area contributed by atoms with E-state index in [2.05, 4.69) is 109 Å². The normalized spacial score (nSPS) is 12.3. The summed E-state index contributed by atoms with van der Waals surface area (Å²) in [5, 5.41) is 15.2. The van der Waals surface area contributed by atoms with Crippen molar-refractivity contribution in [3.05, 3.63) is 276 Å². The molecule has 0 bridgehead atoms. The topological polar surface area (TPSA) is 162 Å². The summed E-state index contributed by atoms with van der Waals surface area (Å²) >= 11 is 0. The fourth-order valence-electron chi connectivity index (χ4n) is 9.92. The van der Waals surface area contributed by atoms with Crippen molar-refractivity contribution in [2.45, 2.75) is 78.4 Å². The van der Waals surface area contributed by atoms with E-state index in [9.17, 15) is 24.2 Å². The third kappa shape index (κ3) is 24.3.